The summed E-state index contributed by atoms with van der Waals surface area (Å²) in [4.78, 5) is 92.2. The second kappa shape index (κ2) is 19.4. The van der Waals surface area contributed by atoms with Gasteiger partial charge in [-0.25, -0.2) is 4.79 Å². The van der Waals surface area contributed by atoms with Gasteiger partial charge < -0.3 is 47.8 Å². The quantitative estimate of drug-likeness (QED) is 0.0991. The summed E-state index contributed by atoms with van der Waals surface area (Å²) in [6.07, 6.45) is 0.481. The number of carboxylic acid groups (broad SMARTS) is 1. The molecule has 0 radical (unpaired) electrons. The Morgan fingerprint density at radius 2 is 1.30 bits per heavy atom. The highest BCUT2D eigenvalue weighted by molar-refractivity contribution is 5.97. The number of primary amides is 1. The van der Waals surface area contributed by atoms with Crippen molar-refractivity contribution < 1.29 is 43.8 Å². The van der Waals surface area contributed by atoms with Crippen LogP contribution in [0.15, 0.2) is 54.6 Å². The lowest BCUT2D eigenvalue weighted by atomic mass is 9.98. The van der Waals surface area contributed by atoms with Gasteiger partial charge in [-0.05, 0) is 54.4 Å². The summed E-state index contributed by atoms with van der Waals surface area (Å²) in [5.74, 6) is -6.63. The lowest BCUT2D eigenvalue weighted by Crippen LogP contribution is -2.61. The summed E-state index contributed by atoms with van der Waals surface area (Å²) < 4.78 is 0. The Morgan fingerprint density at radius 1 is 0.755 bits per heavy atom. The van der Waals surface area contributed by atoms with E-state index in [1.54, 1.807) is 70.2 Å². The number of benzene rings is 2. The smallest absolute Gasteiger partial charge is 0.326 e. The molecule has 10 N–H and O–H groups in total. The van der Waals surface area contributed by atoms with Gasteiger partial charge >= 0.3 is 5.97 Å². The van der Waals surface area contributed by atoms with Crippen LogP contribution in [0.5, 0.6) is 5.75 Å². The SMILES string of the molecule is CC(C)[C@H](NC(=O)[C@H](Cc1ccccc1)NC(=O)[C@@H]1CCCN1C(=O)[C@@H](N)Cc1ccc(O)cc1)C(=O)N[C@H](C(=O)N[C@@H](CC(N)=O)C(=O)O)C(C)C. The van der Waals surface area contributed by atoms with Gasteiger partial charge in [-0.1, -0.05) is 70.2 Å². The van der Waals surface area contributed by atoms with Crippen molar-refractivity contribution in [1.29, 1.82) is 0 Å². The van der Waals surface area contributed by atoms with E-state index < -0.39 is 95.9 Å². The Balaban J connectivity index is 1.77. The molecule has 0 spiro atoms. The third-order valence-corrected chi connectivity index (χ3v) is 8.98. The molecule has 53 heavy (non-hydrogen) atoms. The molecule has 2 aromatic carbocycles. The molecule has 16 heteroatoms. The summed E-state index contributed by atoms with van der Waals surface area (Å²) in [5.41, 5.74) is 12.8. The van der Waals surface area contributed by atoms with E-state index in [1.165, 1.54) is 17.0 Å². The fourth-order valence-electron chi connectivity index (χ4n) is 6.05. The third kappa shape index (κ3) is 12.3. The van der Waals surface area contributed by atoms with Gasteiger partial charge in [0.25, 0.3) is 0 Å². The van der Waals surface area contributed by atoms with Crippen LogP contribution in [0.25, 0.3) is 0 Å². The molecule has 3 rings (SSSR count). The predicted molar refractivity (Wildman–Crippen MR) is 194 cm³/mol. The maximum Gasteiger partial charge on any atom is 0.326 e. The fraction of sp³-hybridized carbons (Fsp3) is 0.486. The van der Waals surface area contributed by atoms with Crippen LogP contribution in [0.4, 0.5) is 0 Å². The normalized spacial score (nSPS) is 16.9. The molecule has 2 aromatic rings. The van der Waals surface area contributed by atoms with Crippen LogP contribution >= 0.6 is 0 Å². The summed E-state index contributed by atoms with van der Waals surface area (Å²) in [7, 11) is 0. The van der Waals surface area contributed by atoms with Crippen molar-refractivity contribution in [2.75, 3.05) is 6.54 Å². The number of phenols is 1. The standard InChI is InChI=1S/C37H51N7O9/c1-20(2)30(34(49)41-27(37(52)53)19-29(39)46)43-35(50)31(21(3)4)42-32(47)26(18-22-9-6-5-7-10-22)40-33(48)28-11-8-16-44(28)36(51)25(38)17-23-12-14-24(45)15-13-23/h5-7,9-10,12-15,20-21,25-28,30-31,45H,8,11,16-19,38H2,1-4H3,(H2,39,46)(H,40,48)(H,41,49)(H,42,47)(H,43,50)(H,52,53)/t25-,26-,27-,28-,30-,31-/m0/s1. The van der Waals surface area contributed by atoms with Gasteiger partial charge in [0.2, 0.25) is 35.4 Å². The monoisotopic (exact) mass is 737 g/mol. The Hall–Kier alpha value is -5.51. The zero-order chi connectivity index (χ0) is 39.4. The number of nitrogens with zero attached hydrogens (tertiary/aromatic N) is 1. The molecule has 0 bridgehead atoms. The number of hydrogen-bond acceptors (Lipinski definition) is 9. The van der Waals surface area contributed by atoms with E-state index in [0.29, 0.717) is 24.9 Å². The van der Waals surface area contributed by atoms with E-state index in [9.17, 15) is 43.8 Å². The first-order valence-electron chi connectivity index (χ1n) is 17.6. The fourth-order valence-corrected chi connectivity index (χ4v) is 6.05. The first kappa shape index (κ1) is 41.9. The first-order chi connectivity index (χ1) is 25.0. The first-order valence-corrected chi connectivity index (χ1v) is 17.6. The van der Waals surface area contributed by atoms with Gasteiger partial charge in [-0.15, -0.1) is 0 Å². The molecule has 0 unspecified atom stereocenters. The number of hydrogen-bond donors (Lipinski definition) is 8. The number of carbonyl (C=O) groups excluding carboxylic acids is 6. The molecule has 1 heterocycles. The number of amides is 6. The molecule has 288 valence electrons. The van der Waals surface area contributed by atoms with Crippen LogP contribution in [-0.2, 0) is 46.4 Å². The average Bonchev–Trinajstić information content (AvgIpc) is 3.59. The maximum atomic E-state index is 13.9. The van der Waals surface area contributed by atoms with E-state index in [2.05, 4.69) is 21.3 Å². The lowest BCUT2D eigenvalue weighted by Gasteiger charge is -2.30. The molecule has 1 saturated heterocycles. The molecule has 16 nitrogen and oxygen atoms in total. The molecule has 0 aliphatic carbocycles. The van der Waals surface area contributed by atoms with Crippen LogP contribution in [0, 0.1) is 11.8 Å². The van der Waals surface area contributed by atoms with E-state index in [0.717, 1.165) is 5.56 Å². The Kier molecular flexibility index (Phi) is 15.3. The maximum absolute atomic E-state index is 13.9. The van der Waals surface area contributed by atoms with Gasteiger partial charge in [0, 0.05) is 13.0 Å². The lowest BCUT2D eigenvalue weighted by molar-refractivity contribution is -0.144. The number of nitrogens with two attached hydrogens (primary N) is 2. The van der Waals surface area contributed by atoms with E-state index >= 15 is 0 Å². The number of aliphatic carboxylic acids is 1. The Bertz CT molecular complexity index is 1620. The van der Waals surface area contributed by atoms with Crippen molar-refractivity contribution in [2.24, 2.45) is 23.3 Å². The molecule has 0 saturated carbocycles. The number of phenolic OH excluding ortho intramolecular Hbond substituents is 1. The number of carbonyl (C=O) groups is 7. The highest BCUT2D eigenvalue weighted by atomic mass is 16.4. The number of likely N-dealkylation sites (tertiary alicyclic amines) is 1. The van der Waals surface area contributed by atoms with Crippen LogP contribution < -0.4 is 32.7 Å². The van der Waals surface area contributed by atoms with Crippen LogP contribution in [0.3, 0.4) is 0 Å². The Labute approximate surface area is 308 Å². The third-order valence-electron chi connectivity index (χ3n) is 8.98. The zero-order valence-corrected chi connectivity index (χ0v) is 30.4. The summed E-state index contributed by atoms with van der Waals surface area (Å²) in [6.45, 7) is 6.90. The van der Waals surface area contributed by atoms with Crippen molar-refractivity contribution >= 4 is 41.4 Å². The summed E-state index contributed by atoms with van der Waals surface area (Å²) >= 11 is 0. The molecule has 1 aliphatic rings. The van der Waals surface area contributed by atoms with Crippen molar-refractivity contribution in [3.8, 4) is 5.75 Å². The van der Waals surface area contributed by atoms with Gasteiger partial charge in [0.15, 0.2) is 0 Å². The van der Waals surface area contributed by atoms with Gasteiger partial charge in [0.1, 0.15) is 36.0 Å². The average molecular weight is 738 g/mol. The Morgan fingerprint density at radius 3 is 1.85 bits per heavy atom. The molecule has 6 amide bonds. The number of carboxylic acids is 1. The van der Waals surface area contributed by atoms with E-state index in [4.69, 9.17) is 11.5 Å². The van der Waals surface area contributed by atoms with Crippen LogP contribution in [0.1, 0.15) is 58.1 Å². The van der Waals surface area contributed by atoms with Crippen molar-refractivity contribution in [3.63, 3.8) is 0 Å². The number of rotatable bonds is 18. The molecule has 6 atom stereocenters. The largest absolute Gasteiger partial charge is 0.508 e. The minimum atomic E-state index is -1.61. The summed E-state index contributed by atoms with van der Waals surface area (Å²) in [5, 5.41) is 29.3. The van der Waals surface area contributed by atoms with Gasteiger partial charge in [-0.2, -0.15) is 0 Å². The van der Waals surface area contributed by atoms with E-state index in [-0.39, 0.29) is 18.6 Å². The highest BCUT2D eigenvalue weighted by Gasteiger charge is 2.39. The van der Waals surface area contributed by atoms with Crippen molar-refractivity contribution in [2.45, 2.75) is 96.1 Å². The van der Waals surface area contributed by atoms with Crippen molar-refractivity contribution in [1.82, 2.24) is 26.2 Å². The number of nitrogens with one attached hydrogen (secondary N) is 4. The predicted octanol–water partition coefficient (Wildman–Crippen LogP) is -0.293. The van der Waals surface area contributed by atoms with Crippen molar-refractivity contribution in [3.05, 3.63) is 65.7 Å². The van der Waals surface area contributed by atoms with E-state index in [1.807, 2.05) is 0 Å². The van der Waals surface area contributed by atoms with Crippen LogP contribution in [0.2, 0.25) is 0 Å². The number of aromatic hydroxyl groups is 1. The highest BCUT2D eigenvalue weighted by Crippen LogP contribution is 2.20. The molecular formula is C37H51N7O9. The zero-order valence-electron chi connectivity index (χ0n) is 30.4. The molecular weight excluding hydrogens is 686 g/mol. The van der Waals surface area contributed by atoms with Crippen LogP contribution in [-0.4, -0.2) is 99.3 Å². The van der Waals surface area contributed by atoms with Gasteiger partial charge in [-0.3, -0.25) is 28.8 Å². The topological polar surface area (TPSA) is 263 Å². The van der Waals surface area contributed by atoms with Gasteiger partial charge in [0.05, 0.1) is 12.5 Å². The minimum absolute atomic E-state index is 0.0549. The second-order valence-corrected chi connectivity index (χ2v) is 13.9. The molecule has 0 aromatic heterocycles. The second-order valence-electron chi connectivity index (χ2n) is 13.9. The molecule has 1 aliphatic heterocycles. The molecule has 1 fully saturated rings. The minimum Gasteiger partial charge on any atom is -0.508 e. The summed E-state index contributed by atoms with van der Waals surface area (Å²) in [6, 6.07) is 8.18.